The molecule has 6 heteroatoms. The minimum Gasteiger partial charge on any atom is -0.395 e. The van der Waals surface area contributed by atoms with E-state index >= 15 is 0 Å². The largest absolute Gasteiger partial charge is 0.395 e. The summed E-state index contributed by atoms with van der Waals surface area (Å²) < 4.78 is 0. The maximum Gasteiger partial charge on any atom is 0.274 e. The molecule has 2 aromatic rings. The van der Waals surface area contributed by atoms with Gasteiger partial charge in [0.25, 0.3) is 5.91 Å². The van der Waals surface area contributed by atoms with Gasteiger partial charge in [-0.2, -0.15) is 5.10 Å². The molecule has 0 saturated heterocycles. The van der Waals surface area contributed by atoms with E-state index in [1.54, 1.807) is 19.1 Å². The average molecular weight is 265 g/mol. The fourth-order valence-electron chi connectivity index (χ4n) is 1.52. The smallest absolute Gasteiger partial charge is 0.274 e. The summed E-state index contributed by atoms with van der Waals surface area (Å²) in [6.45, 7) is 2.14. The van der Waals surface area contributed by atoms with Crippen molar-refractivity contribution >= 4 is 23.2 Å². The molecule has 0 unspecified atom stereocenters. The van der Waals surface area contributed by atoms with Gasteiger partial charge in [0.2, 0.25) is 0 Å². The molecule has 4 N–H and O–H groups in total. The summed E-state index contributed by atoms with van der Waals surface area (Å²) in [5.74, 6) is -0.308. The molecule has 0 aliphatic carbocycles. The number of carbonyl (C=O) groups is 1. The van der Waals surface area contributed by atoms with Crippen molar-refractivity contribution in [2.45, 2.75) is 13.5 Å². The van der Waals surface area contributed by atoms with Crippen LogP contribution in [0.3, 0.4) is 0 Å². The number of rotatable bonds is 3. The van der Waals surface area contributed by atoms with Crippen molar-refractivity contribution in [3.8, 4) is 0 Å². The maximum atomic E-state index is 11.8. The normalized spacial score (nSPS) is 10.3. The van der Waals surface area contributed by atoms with Gasteiger partial charge in [-0.3, -0.25) is 9.89 Å². The van der Waals surface area contributed by atoms with Gasteiger partial charge in [-0.05, 0) is 24.6 Å². The third-order valence-electron chi connectivity index (χ3n) is 2.55. The number of H-pyrrole nitrogens is 1. The first-order valence-corrected chi connectivity index (χ1v) is 5.79. The molecule has 2 rings (SSSR count). The summed E-state index contributed by atoms with van der Waals surface area (Å²) in [5.41, 5.74) is 7.91. The molecule has 0 atom stereocenters. The number of carbonyl (C=O) groups excluding carboxylic acids is 1. The highest BCUT2D eigenvalue weighted by atomic mass is 35.5. The number of nitrogens with one attached hydrogen (secondary N) is 2. The number of nitrogens with zero attached hydrogens (tertiary/aromatic N) is 1. The average Bonchev–Trinajstić information content (AvgIpc) is 2.67. The summed E-state index contributed by atoms with van der Waals surface area (Å²) >= 11 is 5.86. The topological polar surface area (TPSA) is 83.8 Å². The quantitative estimate of drug-likeness (QED) is 0.791. The molecule has 0 aliphatic heterocycles. The first-order chi connectivity index (χ1) is 8.58. The molecule has 18 heavy (non-hydrogen) atoms. The van der Waals surface area contributed by atoms with Crippen molar-refractivity contribution in [3.63, 3.8) is 0 Å². The lowest BCUT2D eigenvalue weighted by atomic mass is 10.2. The van der Waals surface area contributed by atoms with Crippen LogP contribution in [0.2, 0.25) is 5.02 Å². The first-order valence-electron chi connectivity index (χ1n) is 5.41. The van der Waals surface area contributed by atoms with Gasteiger partial charge in [0.05, 0.1) is 11.4 Å². The minimum atomic E-state index is -0.308. The molecule has 94 valence electrons. The van der Waals surface area contributed by atoms with Gasteiger partial charge in [0.1, 0.15) is 0 Å². The number of halogens is 1. The van der Waals surface area contributed by atoms with E-state index in [1.807, 2.05) is 12.1 Å². The van der Waals surface area contributed by atoms with E-state index in [9.17, 15) is 4.79 Å². The second kappa shape index (κ2) is 5.10. The molecule has 0 aliphatic rings. The molecule has 1 aromatic carbocycles. The molecular formula is C12H13ClN4O. The molecule has 1 amide bonds. The fourth-order valence-corrected chi connectivity index (χ4v) is 1.74. The Morgan fingerprint density at radius 2 is 2.33 bits per heavy atom. The van der Waals surface area contributed by atoms with Crippen molar-refractivity contribution in [2.75, 3.05) is 5.73 Å². The number of aryl methyl sites for hydroxylation is 1. The number of hydrogen-bond donors (Lipinski definition) is 3. The van der Waals surface area contributed by atoms with Crippen LogP contribution in [0.1, 0.15) is 21.7 Å². The van der Waals surface area contributed by atoms with E-state index in [0.29, 0.717) is 22.9 Å². The van der Waals surface area contributed by atoms with Crippen LogP contribution in [0, 0.1) is 6.92 Å². The summed E-state index contributed by atoms with van der Waals surface area (Å²) in [4.78, 5) is 11.8. The van der Waals surface area contributed by atoms with Gasteiger partial charge in [0.15, 0.2) is 5.69 Å². The Kier molecular flexibility index (Phi) is 3.53. The Hall–Kier alpha value is -2.01. The number of anilines is 1. The standard InChI is InChI=1S/C12H13ClN4O/c1-7-10(14)11(17-16-7)12(18)15-6-8-3-2-4-9(13)5-8/h2-5H,6,14H2,1H3,(H,15,18)(H,16,17). The molecule has 0 saturated carbocycles. The van der Waals surface area contributed by atoms with E-state index < -0.39 is 0 Å². The third-order valence-corrected chi connectivity index (χ3v) is 2.79. The zero-order valence-corrected chi connectivity index (χ0v) is 10.6. The predicted octanol–water partition coefficient (Wildman–Crippen LogP) is 1.88. The highest BCUT2D eigenvalue weighted by molar-refractivity contribution is 6.30. The number of amides is 1. The van der Waals surface area contributed by atoms with Crippen molar-refractivity contribution < 1.29 is 4.79 Å². The van der Waals surface area contributed by atoms with Crippen LogP contribution < -0.4 is 11.1 Å². The fraction of sp³-hybridized carbons (Fsp3) is 0.167. The summed E-state index contributed by atoms with van der Waals surface area (Å²) in [6.07, 6.45) is 0. The number of benzene rings is 1. The molecular weight excluding hydrogens is 252 g/mol. The van der Waals surface area contributed by atoms with E-state index in [4.69, 9.17) is 17.3 Å². The SMILES string of the molecule is Cc1[nH]nc(C(=O)NCc2cccc(Cl)c2)c1N. The molecule has 1 heterocycles. The zero-order chi connectivity index (χ0) is 13.1. The van der Waals surface area contributed by atoms with Crippen LogP contribution in [0.25, 0.3) is 0 Å². The van der Waals surface area contributed by atoms with E-state index in [-0.39, 0.29) is 11.6 Å². The van der Waals surface area contributed by atoms with Crippen LogP contribution in [-0.2, 0) is 6.54 Å². The Morgan fingerprint density at radius 3 is 2.94 bits per heavy atom. The Bertz CT molecular complexity index is 579. The summed E-state index contributed by atoms with van der Waals surface area (Å²) in [7, 11) is 0. The predicted molar refractivity (Wildman–Crippen MR) is 70.4 cm³/mol. The van der Waals surface area contributed by atoms with Crippen LogP contribution in [0.4, 0.5) is 5.69 Å². The highest BCUT2D eigenvalue weighted by Gasteiger charge is 2.14. The van der Waals surface area contributed by atoms with Crippen LogP contribution in [-0.4, -0.2) is 16.1 Å². The first kappa shape index (κ1) is 12.4. The van der Waals surface area contributed by atoms with Crippen LogP contribution in [0.5, 0.6) is 0 Å². The minimum absolute atomic E-state index is 0.217. The van der Waals surface area contributed by atoms with Gasteiger partial charge in [-0.25, -0.2) is 0 Å². The van der Waals surface area contributed by atoms with Gasteiger partial charge >= 0.3 is 0 Å². The number of hydrogen-bond acceptors (Lipinski definition) is 3. The van der Waals surface area contributed by atoms with Crippen molar-refractivity contribution in [1.82, 2.24) is 15.5 Å². The Labute approximate surface area is 109 Å². The summed E-state index contributed by atoms with van der Waals surface area (Å²) in [6, 6.07) is 7.28. The monoisotopic (exact) mass is 264 g/mol. The highest BCUT2D eigenvalue weighted by Crippen LogP contribution is 2.13. The molecule has 0 fully saturated rings. The number of aromatic amines is 1. The Morgan fingerprint density at radius 1 is 1.56 bits per heavy atom. The molecule has 0 radical (unpaired) electrons. The van der Waals surface area contributed by atoms with E-state index in [0.717, 1.165) is 5.56 Å². The van der Waals surface area contributed by atoms with E-state index in [1.165, 1.54) is 0 Å². The number of nitrogen functional groups attached to an aromatic ring is 1. The molecule has 0 bridgehead atoms. The van der Waals surface area contributed by atoms with Gasteiger partial charge < -0.3 is 11.1 Å². The molecule has 0 spiro atoms. The van der Waals surface area contributed by atoms with Gasteiger partial charge in [-0.15, -0.1) is 0 Å². The van der Waals surface area contributed by atoms with Gasteiger partial charge in [-0.1, -0.05) is 23.7 Å². The number of aromatic nitrogens is 2. The van der Waals surface area contributed by atoms with Crippen molar-refractivity contribution in [1.29, 1.82) is 0 Å². The Balaban J connectivity index is 2.03. The van der Waals surface area contributed by atoms with Crippen molar-refractivity contribution in [3.05, 3.63) is 46.2 Å². The van der Waals surface area contributed by atoms with Crippen LogP contribution >= 0.6 is 11.6 Å². The molecule has 5 nitrogen and oxygen atoms in total. The second-order valence-corrected chi connectivity index (χ2v) is 4.36. The zero-order valence-electron chi connectivity index (χ0n) is 9.83. The maximum absolute atomic E-state index is 11.8. The van der Waals surface area contributed by atoms with E-state index in [2.05, 4.69) is 15.5 Å². The van der Waals surface area contributed by atoms with Gasteiger partial charge in [0, 0.05) is 11.6 Å². The lowest BCUT2D eigenvalue weighted by Gasteiger charge is -2.04. The van der Waals surface area contributed by atoms with Crippen molar-refractivity contribution in [2.24, 2.45) is 0 Å². The number of nitrogens with two attached hydrogens (primary N) is 1. The lowest BCUT2D eigenvalue weighted by Crippen LogP contribution is -2.24. The second-order valence-electron chi connectivity index (χ2n) is 3.92. The molecule has 1 aromatic heterocycles. The lowest BCUT2D eigenvalue weighted by molar-refractivity contribution is 0.0947. The third kappa shape index (κ3) is 2.62. The van der Waals surface area contributed by atoms with Crippen LogP contribution in [0.15, 0.2) is 24.3 Å². The summed E-state index contributed by atoms with van der Waals surface area (Å²) in [5, 5.41) is 9.90.